The van der Waals surface area contributed by atoms with E-state index in [1.54, 1.807) is 28.8 Å². The Morgan fingerprint density at radius 3 is 2.24 bits per heavy atom. The monoisotopic (exact) mass is 666 g/mol. The van der Waals surface area contributed by atoms with E-state index in [4.69, 9.17) is 11.6 Å². The molecule has 4 amide bonds. The van der Waals surface area contributed by atoms with Crippen molar-refractivity contribution in [3.63, 3.8) is 0 Å². The van der Waals surface area contributed by atoms with Gasteiger partial charge in [0.15, 0.2) is 0 Å². The summed E-state index contributed by atoms with van der Waals surface area (Å²) in [5.74, 6) is 1.84. The third-order valence-electron chi connectivity index (χ3n) is 9.25. The standard InChI is InChI=1S/C19H24N2O2S.C16H19ClN2O3/c22-18(11-14-9-15-5-1-2-6-16(15)10-14)21-13-24-12-17(21)19(23)20-7-3-4-8-20;17-13-5-3-12(4-6-13)10-18-15(21)7-8-16(22)19-9-1-2-14(19)11-20/h1-2,5-6,14,17H,3-4,7-13H2;3-6,11,14H,1-2,7-10H2,(H,18,21)/t17-;14-/m00/s1. The van der Waals surface area contributed by atoms with Crippen molar-refractivity contribution in [3.05, 3.63) is 70.2 Å². The van der Waals surface area contributed by atoms with E-state index in [1.165, 1.54) is 11.1 Å². The fourth-order valence-corrected chi connectivity index (χ4v) is 8.00. The number of aldehydes is 1. The van der Waals surface area contributed by atoms with Gasteiger partial charge in [0.1, 0.15) is 12.3 Å². The number of carbonyl (C=O) groups excluding carboxylic acids is 5. The van der Waals surface area contributed by atoms with Crippen LogP contribution in [0.25, 0.3) is 0 Å². The fraction of sp³-hybridized carbons (Fsp3) is 0.514. The van der Waals surface area contributed by atoms with Crippen molar-refractivity contribution in [1.29, 1.82) is 0 Å². The second-order valence-corrected chi connectivity index (χ2v) is 13.9. The van der Waals surface area contributed by atoms with E-state index in [0.717, 1.165) is 69.2 Å². The molecule has 0 spiro atoms. The number of hydrogen-bond acceptors (Lipinski definition) is 6. The summed E-state index contributed by atoms with van der Waals surface area (Å²) >= 11 is 7.50. The first kappa shape index (κ1) is 34.0. The molecule has 2 aromatic carbocycles. The zero-order valence-corrected chi connectivity index (χ0v) is 27.8. The number of fused-ring (bicyclic) bond motifs is 1. The van der Waals surface area contributed by atoms with Gasteiger partial charge in [0, 0.05) is 56.2 Å². The Morgan fingerprint density at radius 2 is 1.57 bits per heavy atom. The molecule has 3 heterocycles. The van der Waals surface area contributed by atoms with Gasteiger partial charge in [-0.3, -0.25) is 19.2 Å². The van der Waals surface area contributed by atoms with E-state index >= 15 is 0 Å². The molecule has 6 rings (SSSR count). The maximum Gasteiger partial charge on any atom is 0.246 e. The lowest BCUT2D eigenvalue weighted by atomic mass is 10.0. The molecule has 0 radical (unpaired) electrons. The van der Waals surface area contributed by atoms with Crippen molar-refractivity contribution in [2.45, 2.75) is 76.4 Å². The van der Waals surface area contributed by atoms with Crippen LogP contribution >= 0.6 is 23.4 Å². The highest BCUT2D eigenvalue weighted by molar-refractivity contribution is 7.99. The molecule has 2 atom stereocenters. The van der Waals surface area contributed by atoms with Crippen LogP contribution in [0.5, 0.6) is 0 Å². The van der Waals surface area contributed by atoms with Gasteiger partial charge in [-0.1, -0.05) is 48.0 Å². The third kappa shape index (κ3) is 8.91. The van der Waals surface area contributed by atoms with Crippen molar-refractivity contribution in [2.24, 2.45) is 5.92 Å². The fourth-order valence-electron chi connectivity index (χ4n) is 6.70. The number of amides is 4. The van der Waals surface area contributed by atoms with E-state index in [2.05, 4.69) is 29.6 Å². The molecule has 0 unspecified atom stereocenters. The first-order chi connectivity index (χ1) is 22.3. The topological polar surface area (TPSA) is 107 Å². The van der Waals surface area contributed by atoms with Gasteiger partial charge >= 0.3 is 0 Å². The molecule has 1 N–H and O–H groups in total. The minimum Gasteiger partial charge on any atom is -0.352 e. The van der Waals surface area contributed by atoms with E-state index < -0.39 is 0 Å². The molecule has 246 valence electrons. The normalized spacial score (nSPS) is 20.7. The Hall–Kier alpha value is -3.37. The summed E-state index contributed by atoms with van der Waals surface area (Å²) in [6.45, 7) is 2.74. The molecule has 11 heteroatoms. The summed E-state index contributed by atoms with van der Waals surface area (Å²) in [6.07, 6.45) is 7.40. The quantitative estimate of drug-likeness (QED) is 0.402. The number of halogens is 1. The van der Waals surface area contributed by atoms with Crippen molar-refractivity contribution in [3.8, 4) is 0 Å². The second-order valence-electron chi connectivity index (χ2n) is 12.5. The summed E-state index contributed by atoms with van der Waals surface area (Å²) < 4.78 is 0. The summed E-state index contributed by atoms with van der Waals surface area (Å²) in [6, 6.07) is 15.2. The Balaban J connectivity index is 0.000000182. The minimum atomic E-state index is -0.315. The highest BCUT2D eigenvalue weighted by Gasteiger charge is 2.38. The van der Waals surface area contributed by atoms with Crippen molar-refractivity contribution in [2.75, 3.05) is 31.3 Å². The predicted molar refractivity (Wildman–Crippen MR) is 179 cm³/mol. The van der Waals surface area contributed by atoms with E-state index in [-0.39, 0.29) is 48.6 Å². The van der Waals surface area contributed by atoms with Crippen LogP contribution in [0.15, 0.2) is 48.5 Å². The van der Waals surface area contributed by atoms with Crippen molar-refractivity contribution >= 4 is 53.3 Å². The molecule has 9 nitrogen and oxygen atoms in total. The Bertz CT molecular complexity index is 1370. The van der Waals surface area contributed by atoms with E-state index in [9.17, 15) is 24.0 Å². The van der Waals surface area contributed by atoms with Crippen LogP contribution in [-0.2, 0) is 43.4 Å². The molecule has 0 aromatic heterocycles. The molecular formula is C35H43ClN4O5S. The maximum absolute atomic E-state index is 12.8. The lowest BCUT2D eigenvalue weighted by molar-refractivity contribution is -0.143. The highest BCUT2D eigenvalue weighted by atomic mass is 35.5. The van der Waals surface area contributed by atoms with Gasteiger partial charge in [0.05, 0.1) is 11.9 Å². The van der Waals surface area contributed by atoms with E-state index in [1.807, 2.05) is 21.9 Å². The molecule has 1 aliphatic carbocycles. The van der Waals surface area contributed by atoms with Crippen molar-refractivity contribution < 1.29 is 24.0 Å². The Kier molecular flexibility index (Phi) is 12.2. The van der Waals surface area contributed by atoms with Crippen LogP contribution in [0.1, 0.15) is 61.6 Å². The number of hydrogen-bond donors (Lipinski definition) is 1. The van der Waals surface area contributed by atoms with Gasteiger partial charge in [-0.2, -0.15) is 0 Å². The van der Waals surface area contributed by atoms with Gasteiger partial charge in [0.25, 0.3) is 0 Å². The number of carbonyl (C=O) groups is 5. The summed E-state index contributed by atoms with van der Waals surface area (Å²) in [5, 5.41) is 3.42. The molecule has 0 bridgehead atoms. The van der Waals surface area contributed by atoms with Crippen LogP contribution in [0.3, 0.4) is 0 Å². The molecule has 2 aromatic rings. The zero-order valence-electron chi connectivity index (χ0n) is 26.2. The average molecular weight is 667 g/mol. The smallest absolute Gasteiger partial charge is 0.246 e. The average Bonchev–Trinajstić information content (AvgIpc) is 3.89. The van der Waals surface area contributed by atoms with Crippen molar-refractivity contribution in [1.82, 2.24) is 20.0 Å². The maximum atomic E-state index is 12.8. The minimum absolute atomic E-state index is 0.128. The Morgan fingerprint density at radius 1 is 0.870 bits per heavy atom. The lowest BCUT2D eigenvalue weighted by Crippen LogP contribution is -2.48. The molecule has 3 saturated heterocycles. The Labute approximate surface area is 280 Å². The number of benzene rings is 2. The largest absolute Gasteiger partial charge is 0.352 e. The lowest BCUT2D eigenvalue weighted by Gasteiger charge is -2.27. The van der Waals surface area contributed by atoms with Gasteiger partial charge in [-0.05, 0) is 73.3 Å². The summed E-state index contributed by atoms with van der Waals surface area (Å²) in [4.78, 5) is 65.5. The zero-order chi connectivity index (χ0) is 32.5. The van der Waals surface area contributed by atoms with Crippen LogP contribution in [0.4, 0.5) is 0 Å². The number of likely N-dealkylation sites (tertiary alicyclic amines) is 2. The molecule has 46 heavy (non-hydrogen) atoms. The molecular weight excluding hydrogens is 624 g/mol. The second kappa shape index (κ2) is 16.5. The van der Waals surface area contributed by atoms with Gasteiger partial charge in [0.2, 0.25) is 23.6 Å². The van der Waals surface area contributed by atoms with E-state index in [0.29, 0.717) is 36.3 Å². The van der Waals surface area contributed by atoms with Crippen LogP contribution in [-0.4, -0.2) is 88.0 Å². The summed E-state index contributed by atoms with van der Waals surface area (Å²) in [7, 11) is 0. The van der Waals surface area contributed by atoms with Gasteiger partial charge in [-0.15, -0.1) is 11.8 Å². The molecule has 3 fully saturated rings. The van der Waals surface area contributed by atoms with Gasteiger partial charge < -0.3 is 24.8 Å². The third-order valence-corrected chi connectivity index (χ3v) is 10.5. The molecule has 3 aliphatic heterocycles. The number of rotatable bonds is 9. The summed E-state index contributed by atoms with van der Waals surface area (Å²) in [5.41, 5.74) is 3.72. The number of nitrogens with one attached hydrogen (secondary N) is 1. The van der Waals surface area contributed by atoms with Crippen LogP contribution in [0.2, 0.25) is 5.02 Å². The molecule has 0 saturated carbocycles. The van der Waals surface area contributed by atoms with Gasteiger partial charge in [-0.25, -0.2) is 0 Å². The molecule has 4 aliphatic rings. The number of thioether (sulfide) groups is 1. The van der Waals surface area contributed by atoms with Crippen LogP contribution < -0.4 is 5.32 Å². The van der Waals surface area contributed by atoms with Crippen LogP contribution in [0, 0.1) is 5.92 Å². The first-order valence-corrected chi connectivity index (χ1v) is 17.8. The SMILES string of the molecule is O=C([C@@H]1CSCN1C(=O)CC1Cc2ccccc2C1)N1CCCC1.O=C[C@@H]1CCCN1C(=O)CCC(=O)NCc1ccc(Cl)cc1. The number of nitrogens with zero attached hydrogens (tertiary/aromatic N) is 3. The highest BCUT2D eigenvalue weighted by Crippen LogP contribution is 2.31. The first-order valence-electron chi connectivity index (χ1n) is 16.3. The predicted octanol–water partition coefficient (Wildman–Crippen LogP) is 4.24.